The number of hydrogen-bond donors (Lipinski definition) is 1. The summed E-state index contributed by atoms with van der Waals surface area (Å²) in [7, 11) is 1.66. The van der Waals surface area contributed by atoms with Crippen LogP contribution in [0.1, 0.15) is 12.5 Å². The molecule has 0 aliphatic rings. The summed E-state index contributed by atoms with van der Waals surface area (Å²) in [6.45, 7) is 3.72. The molecule has 18 heavy (non-hydrogen) atoms. The molecule has 0 aliphatic heterocycles. The third kappa shape index (κ3) is 4.92. The van der Waals surface area contributed by atoms with Crippen molar-refractivity contribution < 1.29 is 9.47 Å². The highest BCUT2D eigenvalue weighted by Crippen LogP contribution is 2.23. The van der Waals surface area contributed by atoms with Crippen molar-refractivity contribution in [2.75, 3.05) is 20.3 Å². The maximum atomic E-state index is 8.75. The van der Waals surface area contributed by atoms with Crippen LogP contribution in [0.4, 0.5) is 0 Å². The molecule has 0 aliphatic carbocycles. The van der Waals surface area contributed by atoms with Gasteiger partial charge in [-0.25, -0.2) is 0 Å². The zero-order valence-electron chi connectivity index (χ0n) is 10.6. The smallest absolute Gasteiger partial charge is 0.181 e. The predicted molar refractivity (Wildman–Crippen MR) is 70.7 cm³/mol. The molecule has 1 atom stereocenters. The average molecular weight is 269 g/mol. The molecule has 1 aromatic carbocycles. The van der Waals surface area contributed by atoms with E-state index >= 15 is 0 Å². The number of rotatable bonds is 7. The number of nitrogens with zero attached hydrogens (tertiary/aromatic N) is 1. The number of nitriles is 1. The van der Waals surface area contributed by atoms with Gasteiger partial charge in [-0.15, -0.1) is 0 Å². The van der Waals surface area contributed by atoms with E-state index in [9.17, 15) is 0 Å². The number of nitrogens with one attached hydrogen (secondary N) is 1. The minimum atomic E-state index is -0.482. The van der Waals surface area contributed by atoms with Gasteiger partial charge in [0.2, 0.25) is 0 Å². The molecule has 1 aromatic rings. The predicted octanol–water partition coefficient (Wildman–Crippen LogP) is 2.37. The van der Waals surface area contributed by atoms with Crippen LogP contribution < -0.4 is 10.1 Å². The van der Waals surface area contributed by atoms with Crippen LogP contribution in [0.2, 0.25) is 5.02 Å². The zero-order valence-corrected chi connectivity index (χ0v) is 11.3. The second kappa shape index (κ2) is 7.93. The van der Waals surface area contributed by atoms with Crippen LogP contribution >= 0.6 is 11.6 Å². The SMILES string of the molecule is COCCNCc1cc(Cl)ccc1OC(C)C#N. The number of methoxy groups -OCH3 is 1. The average Bonchev–Trinajstić information content (AvgIpc) is 2.37. The van der Waals surface area contributed by atoms with Gasteiger partial charge in [0.05, 0.1) is 6.61 Å². The maximum Gasteiger partial charge on any atom is 0.181 e. The van der Waals surface area contributed by atoms with Crippen molar-refractivity contribution in [1.29, 1.82) is 5.26 Å². The molecule has 0 radical (unpaired) electrons. The molecule has 0 saturated heterocycles. The van der Waals surface area contributed by atoms with Crippen LogP contribution in [0.3, 0.4) is 0 Å². The monoisotopic (exact) mass is 268 g/mol. The summed E-state index contributed by atoms with van der Waals surface area (Å²) in [5, 5.41) is 12.6. The number of hydrogen-bond acceptors (Lipinski definition) is 4. The molecule has 0 heterocycles. The first-order valence-corrected chi connectivity index (χ1v) is 6.09. The highest BCUT2D eigenvalue weighted by molar-refractivity contribution is 6.30. The van der Waals surface area contributed by atoms with Gasteiger partial charge >= 0.3 is 0 Å². The molecule has 0 saturated carbocycles. The van der Waals surface area contributed by atoms with Gasteiger partial charge in [-0.05, 0) is 25.1 Å². The van der Waals surface area contributed by atoms with Crippen LogP contribution in [0.5, 0.6) is 5.75 Å². The summed E-state index contributed by atoms with van der Waals surface area (Å²) >= 11 is 5.95. The molecule has 0 spiro atoms. The number of ether oxygens (including phenoxy) is 2. The first kappa shape index (κ1) is 14.8. The van der Waals surface area contributed by atoms with Gasteiger partial charge in [0.25, 0.3) is 0 Å². The summed E-state index contributed by atoms with van der Waals surface area (Å²) in [5.41, 5.74) is 0.931. The molecule has 1 rings (SSSR count). The Kier molecular flexibility index (Phi) is 6.51. The molecular formula is C13H17ClN2O2. The van der Waals surface area contributed by atoms with Gasteiger partial charge in [-0.1, -0.05) is 11.6 Å². The Morgan fingerprint density at radius 3 is 2.94 bits per heavy atom. The summed E-state index contributed by atoms with van der Waals surface area (Å²) in [6.07, 6.45) is -0.482. The van der Waals surface area contributed by atoms with E-state index in [0.29, 0.717) is 23.9 Å². The standard InChI is InChI=1S/C13H17ClN2O2/c1-10(8-15)18-13-4-3-12(14)7-11(13)9-16-5-6-17-2/h3-4,7,10,16H,5-6,9H2,1-2H3. The van der Waals surface area contributed by atoms with Gasteiger partial charge in [-0.3, -0.25) is 0 Å². The molecule has 0 amide bonds. The lowest BCUT2D eigenvalue weighted by Crippen LogP contribution is -2.19. The Labute approximate surface area is 112 Å². The van der Waals surface area contributed by atoms with Crippen molar-refractivity contribution in [2.45, 2.75) is 19.6 Å². The van der Waals surface area contributed by atoms with Gasteiger partial charge in [0.15, 0.2) is 6.10 Å². The maximum absolute atomic E-state index is 8.75. The third-order valence-electron chi connectivity index (χ3n) is 2.31. The topological polar surface area (TPSA) is 54.3 Å². The second-order valence-electron chi connectivity index (χ2n) is 3.81. The molecule has 1 unspecified atom stereocenters. The van der Waals surface area contributed by atoms with E-state index in [0.717, 1.165) is 12.1 Å². The van der Waals surface area contributed by atoms with E-state index in [4.69, 9.17) is 26.3 Å². The van der Waals surface area contributed by atoms with Gasteiger partial charge in [-0.2, -0.15) is 5.26 Å². The van der Waals surface area contributed by atoms with E-state index in [1.807, 2.05) is 12.1 Å². The summed E-state index contributed by atoms with van der Waals surface area (Å²) in [4.78, 5) is 0. The zero-order chi connectivity index (χ0) is 13.4. The summed E-state index contributed by atoms with van der Waals surface area (Å²) < 4.78 is 10.5. The minimum absolute atomic E-state index is 0.482. The van der Waals surface area contributed by atoms with Crippen LogP contribution in [-0.2, 0) is 11.3 Å². The fraction of sp³-hybridized carbons (Fsp3) is 0.462. The molecule has 5 heteroatoms. The lowest BCUT2D eigenvalue weighted by atomic mass is 10.2. The van der Waals surface area contributed by atoms with Crippen LogP contribution in [-0.4, -0.2) is 26.4 Å². The van der Waals surface area contributed by atoms with Gasteiger partial charge < -0.3 is 14.8 Å². The highest BCUT2D eigenvalue weighted by atomic mass is 35.5. The first-order valence-electron chi connectivity index (χ1n) is 5.71. The Morgan fingerprint density at radius 1 is 1.50 bits per heavy atom. The molecule has 0 aromatic heterocycles. The van der Waals surface area contributed by atoms with E-state index in [2.05, 4.69) is 5.32 Å². The van der Waals surface area contributed by atoms with Crippen molar-refractivity contribution in [3.05, 3.63) is 28.8 Å². The molecule has 0 fully saturated rings. The fourth-order valence-corrected chi connectivity index (χ4v) is 1.61. The van der Waals surface area contributed by atoms with Crippen molar-refractivity contribution in [3.63, 3.8) is 0 Å². The third-order valence-corrected chi connectivity index (χ3v) is 2.54. The summed E-state index contributed by atoms with van der Waals surface area (Å²) in [6, 6.07) is 7.40. The van der Waals surface area contributed by atoms with Gasteiger partial charge in [0.1, 0.15) is 11.8 Å². The summed E-state index contributed by atoms with van der Waals surface area (Å²) in [5.74, 6) is 0.679. The molecule has 1 N–H and O–H groups in total. The largest absolute Gasteiger partial charge is 0.476 e. The Balaban J connectivity index is 2.68. The van der Waals surface area contributed by atoms with Crippen LogP contribution in [0, 0.1) is 11.3 Å². The molecule has 0 bridgehead atoms. The highest BCUT2D eigenvalue weighted by Gasteiger charge is 2.08. The fourth-order valence-electron chi connectivity index (χ4n) is 1.42. The van der Waals surface area contributed by atoms with Crippen LogP contribution in [0.15, 0.2) is 18.2 Å². The molecule has 98 valence electrons. The minimum Gasteiger partial charge on any atom is -0.476 e. The van der Waals surface area contributed by atoms with E-state index in [-0.39, 0.29) is 0 Å². The van der Waals surface area contributed by atoms with Gasteiger partial charge in [0, 0.05) is 30.8 Å². The van der Waals surface area contributed by atoms with E-state index in [1.165, 1.54) is 0 Å². The molecule has 4 nitrogen and oxygen atoms in total. The quantitative estimate of drug-likeness (QED) is 0.772. The normalized spacial score (nSPS) is 11.9. The number of benzene rings is 1. The van der Waals surface area contributed by atoms with E-state index < -0.39 is 6.10 Å². The van der Waals surface area contributed by atoms with Crippen molar-refractivity contribution in [1.82, 2.24) is 5.32 Å². The first-order chi connectivity index (χ1) is 8.67. The van der Waals surface area contributed by atoms with Crippen molar-refractivity contribution in [3.8, 4) is 11.8 Å². The van der Waals surface area contributed by atoms with Crippen molar-refractivity contribution >= 4 is 11.6 Å². The van der Waals surface area contributed by atoms with Crippen molar-refractivity contribution in [2.24, 2.45) is 0 Å². The van der Waals surface area contributed by atoms with E-state index in [1.54, 1.807) is 26.2 Å². The van der Waals surface area contributed by atoms with Crippen LogP contribution in [0.25, 0.3) is 0 Å². The second-order valence-corrected chi connectivity index (χ2v) is 4.25. The Bertz CT molecular complexity index is 418. The number of halogens is 1. The molecular weight excluding hydrogens is 252 g/mol. The lowest BCUT2D eigenvalue weighted by molar-refractivity contribution is 0.199. The Morgan fingerprint density at radius 2 is 2.28 bits per heavy atom. The lowest BCUT2D eigenvalue weighted by Gasteiger charge is -2.13. The Hall–Kier alpha value is -1.28.